The van der Waals surface area contributed by atoms with E-state index in [0.717, 1.165) is 38.8 Å². The van der Waals surface area contributed by atoms with Crippen molar-refractivity contribution < 1.29 is 14.7 Å². The number of aromatic nitrogens is 3. The molecule has 2 fully saturated rings. The molecule has 0 spiro atoms. The fraction of sp³-hybridized carbons (Fsp3) is 0.545. The maximum Gasteiger partial charge on any atom is 0.270 e. The highest BCUT2D eigenvalue weighted by Crippen LogP contribution is 2.28. The van der Waals surface area contributed by atoms with Crippen LogP contribution in [0.25, 0.3) is 11.7 Å². The van der Waals surface area contributed by atoms with Crippen LogP contribution in [0.4, 0.5) is 5.82 Å². The van der Waals surface area contributed by atoms with Gasteiger partial charge in [-0.05, 0) is 37.7 Å². The summed E-state index contributed by atoms with van der Waals surface area (Å²) in [5.41, 5.74) is -0.0648. The zero-order chi connectivity index (χ0) is 23.0. The molecule has 10 nitrogen and oxygen atoms in total. The molecule has 2 aromatic rings. The number of carbonyl (C=O) groups is 2. The predicted molar refractivity (Wildman–Crippen MR) is 121 cm³/mol. The predicted octanol–water partition coefficient (Wildman–Crippen LogP) is 1.43. The van der Waals surface area contributed by atoms with Crippen LogP contribution < -0.4 is 16.2 Å². The molecule has 172 valence electrons. The number of hydrogen-bond acceptors (Lipinski definition) is 6. The largest absolute Gasteiger partial charge is 0.492 e. The molecule has 0 bridgehead atoms. The minimum Gasteiger partial charge on any atom is -0.492 e. The van der Waals surface area contributed by atoms with E-state index in [1.165, 1.54) is 15.2 Å². The lowest BCUT2D eigenvalue weighted by Gasteiger charge is -2.15. The molecule has 0 aromatic carbocycles. The molecule has 0 atom stereocenters. The molecule has 4 rings (SSSR count). The fourth-order valence-corrected chi connectivity index (χ4v) is 4.02. The molecule has 1 aliphatic carbocycles. The van der Waals surface area contributed by atoms with E-state index in [0.29, 0.717) is 23.6 Å². The molecule has 1 saturated carbocycles. The van der Waals surface area contributed by atoms with E-state index in [9.17, 15) is 19.5 Å². The number of rotatable bonds is 7. The number of carbonyl (C=O) groups excluding carboxylic acids is 2. The molecular formula is C22H30N6O4. The second-order valence-electron chi connectivity index (χ2n) is 8.87. The number of anilines is 1. The van der Waals surface area contributed by atoms with Gasteiger partial charge >= 0.3 is 0 Å². The molecule has 1 aliphatic heterocycles. The Morgan fingerprint density at radius 1 is 1.25 bits per heavy atom. The topological polar surface area (TPSA) is 121 Å². The van der Waals surface area contributed by atoms with Crippen molar-refractivity contribution in [3.63, 3.8) is 0 Å². The molecule has 2 amide bonds. The van der Waals surface area contributed by atoms with Crippen LogP contribution in [0, 0.1) is 5.92 Å². The Morgan fingerprint density at radius 3 is 2.53 bits per heavy atom. The summed E-state index contributed by atoms with van der Waals surface area (Å²) in [5.74, 6) is -0.729. The standard InChI is InChI=1S/C22H30N6O4/c1-13(2)12-27-20-15(8-9-16(29)26-10-4-5-11-26)18(23-3)25-28(20)22(32)17(21(27)31)19(30)24-14-6-7-14/h8-9,13-14,32H,4-7,10-12H2,1-3H3,(H,23,25)(H,24,30)/b9-8+. The van der Waals surface area contributed by atoms with Crippen molar-refractivity contribution in [2.75, 3.05) is 25.5 Å². The van der Waals surface area contributed by atoms with Gasteiger partial charge in [0, 0.05) is 38.8 Å². The third-order valence-electron chi connectivity index (χ3n) is 5.77. The number of amides is 2. The van der Waals surface area contributed by atoms with Gasteiger partial charge in [-0.2, -0.15) is 4.52 Å². The second kappa shape index (κ2) is 8.68. The average molecular weight is 443 g/mol. The molecule has 3 heterocycles. The van der Waals surface area contributed by atoms with E-state index < -0.39 is 17.3 Å². The van der Waals surface area contributed by atoms with Crippen molar-refractivity contribution in [1.82, 2.24) is 24.4 Å². The minimum atomic E-state index is -0.600. The Labute approximate surface area is 185 Å². The molecule has 3 N–H and O–H groups in total. The first-order valence-electron chi connectivity index (χ1n) is 11.2. The lowest BCUT2D eigenvalue weighted by Crippen LogP contribution is -2.36. The van der Waals surface area contributed by atoms with Crippen molar-refractivity contribution >= 4 is 29.4 Å². The van der Waals surface area contributed by atoms with Crippen molar-refractivity contribution in [2.24, 2.45) is 5.92 Å². The summed E-state index contributed by atoms with van der Waals surface area (Å²) < 4.78 is 2.66. The van der Waals surface area contributed by atoms with Gasteiger partial charge in [0.2, 0.25) is 11.8 Å². The van der Waals surface area contributed by atoms with Crippen molar-refractivity contribution in [3.8, 4) is 5.88 Å². The van der Waals surface area contributed by atoms with Crippen LogP contribution in [-0.2, 0) is 11.3 Å². The monoisotopic (exact) mass is 442 g/mol. The number of fused-ring (bicyclic) bond motifs is 1. The summed E-state index contributed by atoms with van der Waals surface area (Å²) in [6.45, 7) is 5.70. The van der Waals surface area contributed by atoms with Crippen LogP contribution in [-0.4, -0.2) is 62.2 Å². The summed E-state index contributed by atoms with van der Waals surface area (Å²) in [7, 11) is 1.67. The molecule has 2 aliphatic rings. The summed E-state index contributed by atoms with van der Waals surface area (Å²) in [6, 6.07) is 0.0381. The van der Waals surface area contributed by atoms with Gasteiger partial charge < -0.3 is 20.6 Å². The van der Waals surface area contributed by atoms with Crippen molar-refractivity contribution in [1.29, 1.82) is 0 Å². The van der Waals surface area contributed by atoms with Crippen molar-refractivity contribution in [3.05, 3.63) is 27.6 Å². The van der Waals surface area contributed by atoms with Crippen LogP contribution in [0.5, 0.6) is 5.88 Å². The summed E-state index contributed by atoms with van der Waals surface area (Å²) >= 11 is 0. The first-order chi connectivity index (χ1) is 15.3. The number of likely N-dealkylation sites (tertiary alicyclic amines) is 1. The smallest absolute Gasteiger partial charge is 0.270 e. The molecule has 0 unspecified atom stereocenters. The first-order valence-corrected chi connectivity index (χ1v) is 11.2. The maximum absolute atomic E-state index is 13.4. The van der Waals surface area contributed by atoms with Crippen LogP contribution in [0.2, 0.25) is 0 Å². The minimum absolute atomic E-state index is 0.0381. The lowest BCUT2D eigenvalue weighted by atomic mass is 10.2. The van der Waals surface area contributed by atoms with E-state index in [1.54, 1.807) is 18.0 Å². The van der Waals surface area contributed by atoms with Gasteiger partial charge in [-0.25, -0.2) is 0 Å². The Kier molecular flexibility index (Phi) is 5.94. The molecule has 1 saturated heterocycles. The Hall–Kier alpha value is -3.30. The first kappa shape index (κ1) is 21.9. The van der Waals surface area contributed by atoms with Gasteiger partial charge in [-0.1, -0.05) is 13.8 Å². The Balaban J connectivity index is 1.87. The highest BCUT2D eigenvalue weighted by atomic mass is 16.3. The highest BCUT2D eigenvalue weighted by Gasteiger charge is 2.30. The van der Waals surface area contributed by atoms with Gasteiger partial charge in [0.1, 0.15) is 0 Å². The quantitative estimate of drug-likeness (QED) is 0.558. The SMILES string of the molecule is CNc1nn2c(O)c(C(=O)NC3CC3)c(=O)n(CC(C)C)c2c1/C=C/C(=O)N1CCCC1. The number of nitrogens with zero attached hydrogens (tertiary/aromatic N) is 4. The molecule has 10 heteroatoms. The van der Waals surface area contributed by atoms with E-state index in [4.69, 9.17) is 0 Å². The van der Waals surface area contributed by atoms with Crippen molar-refractivity contribution in [2.45, 2.75) is 52.1 Å². The summed E-state index contributed by atoms with van der Waals surface area (Å²) in [6.07, 6.45) is 6.80. The zero-order valence-corrected chi connectivity index (χ0v) is 18.7. The third kappa shape index (κ3) is 4.09. The van der Waals surface area contributed by atoms with Gasteiger partial charge in [0.15, 0.2) is 17.0 Å². The average Bonchev–Trinajstić information content (AvgIpc) is 3.26. The van der Waals surface area contributed by atoms with E-state index >= 15 is 0 Å². The van der Waals surface area contributed by atoms with Gasteiger partial charge in [-0.15, -0.1) is 5.10 Å². The van der Waals surface area contributed by atoms with Crippen LogP contribution in [0.15, 0.2) is 10.9 Å². The van der Waals surface area contributed by atoms with Crippen LogP contribution in [0.3, 0.4) is 0 Å². The maximum atomic E-state index is 13.4. The highest BCUT2D eigenvalue weighted by molar-refractivity contribution is 5.97. The summed E-state index contributed by atoms with van der Waals surface area (Å²) in [5, 5.41) is 21.0. The molecule has 32 heavy (non-hydrogen) atoms. The number of aromatic hydroxyl groups is 1. The molecule has 2 aromatic heterocycles. The lowest BCUT2D eigenvalue weighted by molar-refractivity contribution is -0.124. The normalized spacial score (nSPS) is 16.4. The third-order valence-corrected chi connectivity index (χ3v) is 5.77. The van der Waals surface area contributed by atoms with Crippen LogP contribution in [0.1, 0.15) is 55.5 Å². The summed E-state index contributed by atoms with van der Waals surface area (Å²) in [4.78, 5) is 40.4. The number of hydrogen-bond donors (Lipinski definition) is 3. The van der Waals surface area contributed by atoms with Gasteiger partial charge in [-0.3, -0.25) is 19.0 Å². The van der Waals surface area contributed by atoms with E-state index in [1.807, 2.05) is 13.8 Å². The Bertz CT molecular complexity index is 1140. The number of nitrogens with one attached hydrogen (secondary N) is 2. The van der Waals surface area contributed by atoms with E-state index in [2.05, 4.69) is 15.7 Å². The molecule has 0 radical (unpaired) electrons. The van der Waals surface area contributed by atoms with Crippen LogP contribution >= 0.6 is 0 Å². The second-order valence-corrected chi connectivity index (χ2v) is 8.87. The van der Waals surface area contributed by atoms with E-state index in [-0.39, 0.29) is 23.4 Å². The fourth-order valence-electron chi connectivity index (χ4n) is 4.02. The zero-order valence-electron chi connectivity index (χ0n) is 18.7. The Morgan fingerprint density at radius 2 is 1.94 bits per heavy atom. The van der Waals surface area contributed by atoms with Gasteiger partial charge in [0.25, 0.3) is 11.5 Å². The molecular weight excluding hydrogens is 412 g/mol. The van der Waals surface area contributed by atoms with Gasteiger partial charge in [0.05, 0.1) is 5.56 Å².